The molecule has 0 aliphatic carbocycles. The number of methoxy groups -OCH3 is 1. The summed E-state index contributed by atoms with van der Waals surface area (Å²) in [6.45, 7) is 0. The van der Waals surface area contributed by atoms with Crippen LogP contribution in [0.5, 0.6) is 5.75 Å². The second kappa shape index (κ2) is 5.04. The topological polar surface area (TPSA) is 9.23 Å². The number of hydrogen-bond donors (Lipinski definition) is 0. The van der Waals surface area contributed by atoms with E-state index in [2.05, 4.69) is 17.9 Å². The molecule has 1 nitrogen and oxygen atoms in total. The number of hydrogen-bond acceptors (Lipinski definition) is 1. The van der Waals surface area contributed by atoms with Gasteiger partial charge in [-0.2, -0.15) is 0 Å². The van der Waals surface area contributed by atoms with E-state index in [9.17, 15) is 0 Å². The van der Waals surface area contributed by atoms with Crippen LogP contribution >= 0.6 is 0 Å². The van der Waals surface area contributed by atoms with Gasteiger partial charge in [-0.25, -0.2) is 0 Å². The highest BCUT2D eigenvalue weighted by Gasteiger charge is 1.96. The Kier molecular flexibility index (Phi) is 3.25. The fraction of sp³-hybridized carbons (Fsp3) is 0.0667. The molecule has 0 spiro atoms. The van der Waals surface area contributed by atoms with Crippen molar-refractivity contribution in [3.63, 3.8) is 0 Å². The van der Waals surface area contributed by atoms with Crippen molar-refractivity contribution in [3.8, 4) is 17.6 Å². The van der Waals surface area contributed by atoms with E-state index in [0.29, 0.717) is 0 Å². The predicted octanol–water partition coefficient (Wildman–Crippen LogP) is 2.90. The van der Waals surface area contributed by atoms with Gasteiger partial charge in [-0.15, -0.1) is 0 Å². The van der Waals surface area contributed by atoms with Crippen molar-refractivity contribution in [1.82, 2.24) is 0 Å². The molecule has 0 saturated carbocycles. The molecule has 1 radical (unpaired) electrons. The van der Waals surface area contributed by atoms with Crippen molar-refractivity contribution in [1.29, 1.82) is 0 Å². The molecule has 0 saturated heterocycles. The first-order valence-corrected chi connectivity index (χ1v) is 5.02. The van der Waals surface area contributed by atoms with E-state index >= 15 is 0 Å². The zero-order valence-electron chi connectivity index (χ0n) is 9.03. The summed E-state index contributed by atoms with van der Waals surface area (Å²) >= 11 is 0. The minimum Gasteiger partial charge on any atom is -0.495 e. The second-order valence-electron chi connectivity index (χ2n) is 3.23. The van der Waals surface area contributed by atoms with Gasteiger partial charge in [-0.3, -0.25) is 0 Å². The molecule has 77 valence electrons. The van der Waals surface area contributed by atoms with Crippen LogP contribution in [0, 0.1) is 17.9 Å². The Morgan fingerprint density at radius 3 is 2.56 bits per heavy atom. The molecule has 0 heterocycles. The lowest BCUT2D eigenvalue weighted by Crippen LogP contribution is -1.86. The second-order valence-corrected chi connectivity index (χ2v) is 3.23. The van der Waals surface area contributed by atoms with Gasteiger partial charge in [0.25, 0.3) is 0 Å². The van der Waals surface area contributed by atoms with Crippen molar-refractivity contribution in [2.45, 2.75) is 0 Å². The van der Waals surface area contributed by atoms with Crippen LogP contribution in [0.1, 0.15) is 11.1 Å². The van der Waals surface area contributed by atoms with Gasteiger partial charge in [0.05, 0.1) is 12.7 Å². The van der Waals surface area contributed by atoms with Gasteiger partial charge in [0, 0.05) is 5.56 Å². The molecule has 0 aliphatic heterocycles. The average Bonchev–Trinajstić information content (AvgIpc) is 2.38. The molecule has 0 N–H and O–H groups in total. The van der Waals surface area contributed by atoms with Gasteiger partial charge < -0.3 is 4.74 Å². The SMILES string of the molecule is COc1ccccc1C#Cc1[c]cccc1. The van der Waals surface area contributed by atoms with Crippen molar-refractivity contribution < 1.29 is 4.74 Å². The predicted molar refractivity (Wildman–Crippen MR) is 64.3 cm³/mol. The Morgan fingerprint density at radius 1 is 1.00 bits per heavy atom. The summed E-state index contributed by atoms with van der Waals surface area (Å²) in [5.41, 5.74) is 1.77. The monoisotopic (exact) mass is 207 g/mol. The van der Waals surface area contributed by atoms with E-state index in [-0.39, 0.29) is 0 Å². The maximum Gasteiger partial charge on any atom is 0.134 e. The molecule has 2 rings (SSSR count). The fourth-order valence-corrected chi connectivity index (χ4v) is 1.35. The minimum absolute atomic E-state index is 0.797. The maximum absolute atomic E-state index is 5.22. The smallest absolute Gasteiger partial charge is 0.134 e. The van der Waals surface area contributed by atoms with Crippen molar-refractivity contribution in [2.24, 2.45) is 0 Å². The largest absolute Gasteiger partial charge is 0.495 e. The van der Waals surface area contributed by atoms with Crippen LogP contribution in [0.25, 0.3) is 0 Å². The third kappa shape index (κ3) is 2.43. The lowest BCUT2D eigenvalue weighted by molar-refractivity contribution is 0.413. The highest BCUT2D eigenvalue weighted by molar-refractivity contribution is 5.49. The molecular weight excluding hydrogens is 196 g/mol. The summed E-state index contributed by atoms with van der Waals surface area (Å²) in [5, 5.41) is 0. The van der Waals surface area contributed by atoms with Gasteiger partial charge >= 0.3 is 0 Å². The molecule has 2 aromatic carbocycles. The van der Waals surface area contributed by atoms with Crippen LogP contribution in [0.15, 0.2) is 48.5 Å². The Morgan fingerprint density at radius 2 is 1.81 bits per heavy atom. The van der Waals surface area contributed by atoms with Gasteiger partial charge in [0.15, 0.2) is 0 Å². The molecule has 0 fully saturated rings. The summed E-state index contributed by atoms with van der Waals surface area (Å²) in [4.78, 5) is 0. The highest BCUT2D eigenvalue weighted by atomic mass is 16.5. The van der Waals surface area contributed by atoms with Crippen LogP contribution < -0.4 is 4.74 Å². The van der Waals surface area contributed by atoms with Crippen molar-refractivity contribution in [2.75, 3.05) is 7.11 Å². The molecule has 1 heteroatoms. The van der Waals surface area contributed by atoms with E-state index in [4.69, 9.17) is 4.74 Å². The first kappa shape index (κ1) is 10.3. The Hall–Kier alpha value is -2.20. The van der Waals surface area contributed by atoms with Crippen molar-refractivity contribution >= 4 is 0 Å². The molecule has 0 aromatic heterocycles. The van der Waals surface area contributed by atoms with Crippen LogP contribution in [0.2, 0.25) is 0 Å². The summed E-state index contributed by atoms with van der Waals surface area (Å²) in [7, 11) is 1.65. The summed E-state index contributed by atoms with van der Waals surface area (Å²) in [5.74, 6) is 6.92. The summed E-state index contributed by atoms with van der Waals surface area (Å²) in [6.07, 6.45) is 0. The molecule has 0 aliphatic rings. The molecule has 0 amide bonds. The number of rotatable bonds is 1. The quantitative estimate of drug-likeness (QED) is 0.653. The molecule has 0 unspecified atom stereocenters. The first-order chi connectivity index (χ1) is 7.90. The Bertz CT molecular complexity index is 518. The number of ether oxygens (including phenoxy) is 1. The first-order valence-electron chi connectivity index (χ1n) is 5.02. The van der Waals surface area contributed by atoms with Gasteiger partial charge in [-0.05, 0) is 24.3 Å². The van der Waals surface area contributed by atoms with Gasteiger partial charge in [0.2, 0.25) is 0 Å². The number of benzene rings is 2. The molecule has 2 aromatic rings. The molecule has 0 bridgehead atoms. The fourth-order valence-electron chi connectivity index (χ4n) is 1.35. The highest BCUT2D eigenvalue weighted by Crippen LogP contribution is 2.15. The molecule has 16 heavy (non-hydrogen) atoms. The summed E-state index contributed by atoms with van der Waals surface area (Å²) < 4.78 is 5.22. The Labute approximate surface area is 95.7 Å². The van der Waals surface area contributed by atoms with Gasteiger partial charge in [0.1, 0.15) is 5.75 Å². The standard InChI is InChI=1S/C15H11O/c1-16-15-10-6-5-9-14(15)12-11-13-7-3-2-4-8-13/h2-7,9-10H,1H3. The van der Waals surface area contributed by atoms with E-state index in [1.165, 1.54) is 0 Å². The third-order valence-corrected chi connectivity index (χ3v) is 2.15. The lowest BCUT2D eigenvalue weighted by atomic mass is 10.1. The zero-order valence-corrected chi connectivity index (χ0v) is 9.03. The van der Waals surface area contributed by atoms with Crippen LogP contribution in [0.3, 0.4) is 0 Å². The van der Waals surface area contributed by atoms with E-state index in [0.717, 1.165) is 16.9 Å². The molecule has 0 atom stereocenters. The average molecular weight is 207 g/mol. The van der Waals surface area contributed by atoms with Crippen LogP contribution in [-0.2, 0) is 0 Å². The van der Waals surface area contributed by atoms with Crippen LogP contribution in [-0.4, -0.2) is 7.11 Å². The maximum atomic E-state index is 5.22. The minimum atomic E-state index is 0.797. The Balaban J connectivity index is 2.31. The number of para-hydroxylation sites is 1. The van der Waals surface area contributed by atoms with E-state index in [1.54, 1.807) is 7.11 Å². The van der Waals surface area contributed by atoms with Gasteiger partial charge in [-0.1, -0.05) is 42.2 Å². The van der Waals surface area contributed by atoms with Crippen LogP contribution in [0.4, 0.5) is 0 Å². The third-order valence-electron chi connectivity index (χ3n) is 2.15. The van der Waals surface area contributed by atoms with E-state index < -0.39 is 0 Å². The normalized spacial score (nSPS) is 9.06. The van der Waals surface area contributed by atoms with Crippen molar-refractivity contribution in [3.05, 3.63) is 65.7 Å². The zero-order chi connectivity index (χ0) is 11.2. The summed E-state index contributed by atoms with van der Waals surface area (Å²) in [6, 6.07) is 18.4. The van der Waals surface area contributed by atoms with E-state index in [1.807, 2.05) is 48.5 Å². The molecular formula is C15H11O. The lowest BCUT2D eigenvalue weighted by Gasteiger charge is -2.00.